The molecule has 0 spiro atoms. The minimum atomic E-state index is -0.699. The summed E-state index contributed by atoms with van der Waals surface area (Å²) in [4.78, 5) is 3.17. The molecule has 3 heteroatoms. The maximum Gasteiger partial charge on any atom is 0.123 e. The van der Waals surface area contributed by atoms with Gasteiger partial charge in [0.15, 0.2) is 0 Å². The number of aliphatic hydroxyl groups excluding tert-OH is 1. The maximum atomic E-state index is 13.1. The van der Waals surface area contributed by atoms with Crippen molar-refractivity contribution in [1.82, 2.24) is 4.98 Å². The van der Waals surface area contributed by atoms with E-state index in [0.717, 1.165) is 16.5 Å². The highest BCUT2D eigenvalue weighted by molar-refractivity contribution is 5.83. The molecule has 1 aromatic heterocycles. The Morgan fingerprint density at radius 3 is 2.79 bits per heavy atom. The van der Waals surface area contributed by atoms with Crippen molar-refractivity contribution >= 4 is 10.9 Å². The highest BCUT2D eigenvalue weighted by atomic mass is 19.1. The van der Waals surface area contributed by atoms with Crippen LogP contribution < -0.4 is 0 Å². The zero-order chi connectivity index (χ0) is 13.2. The molecule has 0 amide bonds. The molecule has 0 bridgehead atoms. The van der Waals surface area contributed by atoms with Gasteiger partial charge in [0.05, 0.1) is 6.10 Å². The molecule has 1 unspecified atom stereocenters. The number of halogens is 1. The second-order valence-electron chi connectivity index (χ2n) is 4.63. The van der Waals surface area contributed by atoms with E-state index < -0.39 is 6.10 Å². The quantitative estimate of drug-likeness (QED) is 0.737. The van der Waals surface area contributed by atoms with E-state index in [1.54, 1.807) is 12.1 Å². The fourth-order valence-corrected chi connectivity index (χ4v) is 2.34. The summed E-state index contributed by atoms with van der Waals surface area (Å²) < 4.78 is 13.1. The predicted molar refractivity (Wildman–Crippen MR) is 73.4 cm³/mol. The van der Waals surface area contributed by atoms with E-state index in [-0.39, 0.29) is 5.82 Å². The smallest absolute Gasteiger partial charge is 0.123 e. The molecule has 0 saturated heterocycles. The van der Waals surface area contributed by atoms with Crippen molar-refractivity contribution in [2.45, 2.75) is 12.5 Å². The van der Waals surface area contributed by atoms with Crippen LogP contribution in [-0.4, -0.2) is 10.1 Å². The summed E-state index contributed by atoms with van der Waals surface area (Å²) in [5.41, 5.74) is 2.68. The van der Waals surface area contributed by atoms with Crippen molar-refractivity contribution in [1.29, 1.82) is 0 Å². The molecule has 19 heavy (non-hydrogen) atoms. The summed E-state index contributed by atoms with van der Waals surface area (Å²) >= 11 is 0. The van der Waals surface area contributed by atoms with Gasteiger partial charge < -0.3 is 10.1 Å². The number of aliphatic hydroxyl groups is 1. The first-order valence-electron chi connectivity index (χ1n) is 6.22. The largest absolute Gasteiger partial charge is 0.388 e. The molecule has 3 aromatic rings. The van der Waals surface area contributed by atoms with Gasteiger partial charge in [-0.05, 0) is 29.3 Å². The van der Waals surface area contributed by atoms with Gasteiger partial charge >= 0.3 is 0 Å². The molecular weight excluding hydrogens is 241 g/mol. The number of hydrogen-bond acceptors (Lipinski definition) is 1. The van der Waals surface area contributed by atoms with Gasteiger partial charge in [-0.3, -0.25) is 0 Å². The second-order valence-corrected chi connectivity index (χ2v) is 4.63. The van der Waals surface area contributed by atoms with E-state index in [1.807, 2.05) is 30.5 Å². The van der Waals surface area contributed by atoms with Gasteiger partial charge in [0.25, 0.3) is 0 Å². The van der Waals surface area contributed by atoms with E-state index in [0.29, 0.717) is 12.0 Å². The van der Waals surface area contributed by atoms with Crippen LogP contribution in [-0.2, 0) is 6.42 Å². The summed E-state index contributed by atoms with van der Waals surface area (Å²) in [5, 5.41) is 11.3. The Bertz CT molecular complexity index is 705. The molecule has 1 atom stereocenters. The monoisotopic (exact) mass is 255 g/mol. The van der Waals surface area contributed by atoms with Crippen LogP contribution in [0.4, 0.5) is 4.39 Å². The van der Waals surface area contributed by atoms with Crippen molar-refractivity contribution in [3.63, 3.8) is 0 Å². The van der Waals surface area contributed by atoms with E-state index in [2.05, 4.69) is 4.98 Å². The number of hydrogen-bond donors (Lipinski definition) is 2. The summed E-state index contributed by atoms with van der Waals surface area (Å²) in [7, 11) is 0. The predicted octanol–water partition coefficient (Wildman–Crippen LogP) is 3.58. The Labute approximate surface area is 110 Å². The summed E-state index contributed by atoms with van der Waals surface area (Å²) in [6, 6.07) is 14.0. The number of rotatable bonds is 3. The van der Waals surface area contributed by atoms with Gasteiger partial charge in [0.1, 0.15) is 5.82 Å². The average molecular weight is 255 g/mol. The average Bonchev–Trinajstić information content (AvgIpc) is 2.82. The highest BCUT2D eigenvalue weighted by Crippen LogP contribution is 2.24. The number of aromatic nitrogens is 1. The summed E-state index contributed by atoms with van der Waals surface area (Å²) in [6.45, 7) is 0. The minimum Gasteiger partial charge on any atom is -0.388 e. The molecule has 0 fully saturated rings. The number of H-pyrrole nitrogens is 1. The van der Waals surface area contributed by atoms with E-state index in [4.69, 9.17) is 0 Å². The molecule has 0 aliphatic heterocycles. The molecule has 2 aromatic carbocycles. The first-order chi connectivity index (χ1) is 9.24. The van der Waals surface area contributed by atoms with Gasteiger partial charge in [-0.2, -0.15) is 0 Å². The van der Waals surface area contributed by atoms with Crippen LogP contribution in [0.1, 0.15) is 17.2 Å². The standard InChI is InChI=1S/C16H14FNO/c17-13-5-3-4-11(8-13)16(19)9-12-10-18-15-7-2-1-6-14(12)15/h1-8,10,16,18-19H,9H2. The van der Waals surface area contributed by atoms with Crippen LogP contribution in [0, 0.1) is 5.82 Å². The second kappa shape index (κ2) is 4.86. The Morgan fingerprint density at radius 2 is 1.95 bits per heavy atom. The van der Waals surface area contributed by atoms with Crippen LogP contribution in [0.15, 0.2) is 54.7 Å². The lowest BCUT2D eigenvalue weighted by molar-refractivity contribution is 0.178. The molecule has 3 rings (SSSR count). The third-order valence-electron chi connectivity index (χ3n) is 3.32. The third-order valence-corrected chi connectivity index (χ3v) is 3.32. The van der Waals surface area contributed by atoms with Crippen molar-refractivity contribution in [2.24, 2.45) is 0 Å². The molecule has 2 N–H and O–H groups in total. The normalized spacial score (nSPS) is 12.7. The Morgan fingerprint density at radius 1 is 1.11 bits per heavy atom. The molecular formula is C16H14FNO. The molecule has 2 nitrogen and oxygen atoms in total. The lowest BCUT2D eigenvalue weighted by Crippen LogP contribution is -2.01. The van der Waals surface area contributed by atoms with E-state index >= 15 is 0 Å². The van der Waals surface area contributed by atoms with Crippen molar-refractivity contribution in [3.8, 4) is 0 Å². The summed E-state index contributed by atoms with van der Waals surface area (Å²) in [6.07, 6.45) is 1.66. The van der Waals surface area contributed by atoms with Gasteiger partial charge in [0, 0.05) is 23.5 Å². The van der Waals surface area contributed by atoms with Crippen LogP contribution in [0.2, 0.25) is 0 Å². The molecule has 0 aliphatic carbocycles. The Balaban J connectivity index is 1.89. The Kier molecular flexibility index (Phi) is 3.05. The van der Waals surface area contributed by atoms with E-state index in [9.17, 15) is 9.50 Å². The maximum absolute atomic E-state index is 13.1. The molecule has 1 heterocycles. The lowest BCUT2D eigenvalue weighted by atomic mass is 10.0. The minimum absolute atomic E-state index is 0.324. The van der Waals surface area contributed by atoms with Gasteiger partial charge in [-0.1, -0.05) is 30.3 Å². The van der Waals surface area contributed by atoms with Gasteiger partial charge in [0.2, 0.25) is 0 Å². The van der Waals surface area contributed by atoms with Crippen LogP contribution in [0.5, 0.6) is 0 Å². The molecule has 96 valence electrons. The van der Waals surface area contributed by atoms with Crippen molar-refractivity contribution in [3.05, 3.63) is 71.7 Å². The summed E-state index contributed by atoms with van der Waals surface area (Å²) in [5.74, 6) is -0.324. The van der Waals surface area contributed by atoms with Crippen molar-refractivity contribution in [2.75, 3.05) is 0 Å². The Hall–Kier alpha value is -2.13. The number of para-hydroxylation sites is 1. The zero-order valence-electron chi connectivity index (χ0n) is 10.3. The number of fused-ring (bicyclic) bond motifs is 1. The number of aromatic amines is 1. The SMILES string of the molecule is OC(Cc1c[nH]c2ccccc12)c1cccc(F)c1. The lowest BCUT2D eigenvalue weighted by Gasteiger charge is -2.10. The molecule has 0 radical (unpaired) electrons. The van der Waals surface area contributed by atoms with E-state index in [1.165, 1.54) is 12.1 Å². The van der Waals surface area contributed by atoms with Gasteiger partial charge in [-0.15, -0.1) is 0 Å². The van der Waals surface area contributed by atoms with Crippen molar-refractivity contribution < 1.29 is 9.50 Å². The van der Waals surface area contributed by atoms with Gasteiger partial charge in [-0.25, -0.2) is 4.39 Å². The third kappa shape index (κ3) is 2.37. The van der Waals surface area contributed by atoms with Crippen LogP contribution in [0.3, 0.4) is 0 Å². The fraction of sp³-hybridized carbons (Fsp3) is 0.125. The van der Waals surface area contributed by atoms with Crippen LogP contribution >= 0.6 is 0 Å². The number of nitrogens with one attached hydrogen (secondary N) is 1. The topological polar surface area (TPSA) is 36.0 Å². The first-order valence-corrected chi connectivity index (χ1v) is 6.22. The fourth-order valence-electron chi connectivity index (χ4n) is 2.34. The first kappa shape index (κ1) is 11.9. The number of benzene rings is 2. The molecule has 0 saturated carbocycles. The zero-order valence-corrected chi connectivity index (χ0v) is 10.3. The molecule has 0 aliphatic rings. The highest BCUT2D eigenvalue weighted by Gasteiger charge is 2.12. The van der Waals surface area contributed by atoms with Crippen LogP contribution in [0.25, 0.3) is 10.9 Å².